The Hall–Kier alpha value is -0.790. The standard InChI is InChI=1S/C36H70N2/c1-5-8-11-14-16-17-18-19-20-22-24-26-29-34(4)38-33-32-37-36(38)35(30-27-23-13-10-7-3)31-28-25-21-15-12-9-6-2/h32-35H,5-31H2,1-4H3/p+1. The van der Waals surface area contributed by atoms with Gasteiger partial charge in [-0.1, -0.05) is 168 Å². The number of imidazole rings is 1. The number of rotatable bonds is 29. The molecule has 0 saturated heterocycles. The lowest BCUT2D eigenvalue weighted by atomic mass is 9.93. The second-order valence-electron chi connectivity index (χ2n) is 12.6. The van der Waals surface area contributed by atoms with Crippen LogP contribution >= 0.6 is 0 Å². The quantitative estimate of drug-likeness (QED) is 0.0783. The van der Waals surface area contributed by atoms with Crippen molar-refractivity contribution in [1.29, 1.82) is 0 Å². The summed E-state index contributed by atoms with van der Waals surface area (Å²) in [6.45, 7) is 9.41. The van der Waals surface area contributed by atoms with Crippen molar-refractivity contribution in [3.63, 3.8) is 0 Å². The Morgan fingerprint density at radius 1 is 0.500 bits per heavy atom. The van der Waals surface area contributed by atoms with Crippen molar-refractivity contribution >= 4 is 0 Å². The third-order valence-corrected chi connectivity index (χ3v) is 8.89. The van der Waals surface area contributed by atoms with E-state index in [4.69, 9.17) is 0 Å². The minimum Gasteiger partial charge on any atom is -0.247 e. The number of unbranched alkanes of at least 4 members (excludes halogenated alkanes) is 21. The molecule has 1 aromatic rings. The summed E-state index contributed by atoms with van der Waals surface area (Å²) in [6, 6.07) is 0.621. The molecule has 0 aromatic carbocycles. The average molecular weight is 532 g/mol. The topological polar surface area (TPSA) is 19.7 Å². The Morgan fingerprint density at radius 2 is 0.842 bits per heavy atom. The van der Waals surface area contributed by atoms with Gasteiger partial charge in [0, 0.05) is 0 Å². The predicted octanol–water partition coefficient (Wildman–Crippen LogP) is 12.5. The summed E-state index contributed by atoms with van der Waals surface area (Å²) in [6.07, 6.45) is 42.7. The fraction of sp³-hybridized carbons (Fsp3) is 0.917. The van der Waals surface area contributed by atoms with Crippen LogP contribution in [0.3, 0.4) is 0 Å². The molecule has 0 aliphatic rings. The van der Waals surface area contributed by atoms with Gasteiger partial charge in [-0.3, -0.25) is 0 Å². The maximum Gasteiger partial charge on any atom is 0.257 e. The molecule has 0 fully saturated rings. The van der Waals surface area contributed by atoms with Gasteiger partial charge in [-0.05, 0) is 32.6 Å². The van der Waals surface area contributed by atoms with Crippen molar-refractivity contribution in [2.45, 2.75) is 213 Å². The third kappa shape index (κ3) is 18.5. The van der Waals surface area contributed by atoms with Crippen molar-refractivity contribution in [1.82, 2.24) is 4.98 Å². The molecule has 1 rings (SSSR count). The lowest BCUT2D eigenvalue weighted by Gasteiger charge is -2.17. The van der Waals surface area contributed by atoms with Gasteiger partial charge in [0.25, 0.3) is 5.82 Å². The first-order valence-electron chi connectivity index (χ1n) is 17.8. The van der Waals surface area contributed by atoms with Crippen molar-refractivity contribution in [2.24, 2.45) is 0 Å². The minimum atomic E-state index is 0.621. The summed E-state index contributed by atoms with van der Waals surface area (Å²) in [5, 5.41) is 0. The highest BCUT2D eigenvalue weighted by atomic mass is 15.1. The Kier molecular flexibility index (Phi) is 24.5. The summed E-state index contributed by atoms with van der Waals surface area (Å²) < 4.78 is 2.62. The summed E-state index contributed by atoms with van der Waals surface area (Å²) in [7, 11) is 0. The summed E-state index contributed by atoms with van der Waals surface area (Å²) >= 11 is 0. The van der Waals surface area contributed by atoms with E-state index >= 15 is 0 Å². The van der Waals surface area contributed by atoms with Crippen LogP contribution < -0.4 is 4.57 Å². The first kappa shape index (κ1) is 35.2. The smallest absolute Gasteiger partial charge is 0.247 e. The molecule has 1 heterocycles. The van der Waals surface area contributed by atoms with Crippen LogP contribution in [0.25, 0.3) is 0 Å². The zero-order chi connectivity index (χ0) is 27.5. The fourth-order valence-corrected chi connectivity index (χ4v) is 6.25. The molecule has 0 spiro atoms. The fourth-order valence-electron chi connectivity index (χ4n) is 6.25. The molecular weight excluding hydrogens is 460 g/mol. The zero-order valence-corrected chi connectivity index (χ0v) is 26.8. The van der Waals surface area contributed by atoms with Gasteiger partial charge in [0.05, 0.1) is 12.0 Å². The first-order valence-corrected chi connectivity index (χ1v) is 17.8. The number of hydrogen-bond acceptors (Lipinski definition) is 0. The maximum absolute atomic E-state index is 3.72. The van der Waals surface area contributed by atoms with E-state index in [0.717, 1.165) is 0 Å². The van der Waals surface area contributed by atoms with Crippen molar-refractivity contribution in [3.05, 3.63) is 18.2 Å². The van der Waals surface area contributed by atoms with Crippen molar-refractivity contribution in [2.75, 3.05) is 0 Å². The Morgan fingerprint density at radius 3 is 1.24 bits per heavy atom. The largest absolute Gasteiger partial charge is 0.257 e. The average Bonchev–Trinajstić information content (AvgIpc) is 3.42. The Bertz CT molecular complexity index is 592. The molecule has 2 unspecified atom stereocenters. The predicted molar refractivity (Wildman–Crippen MR) is 170 cm³/mol. The highest BCUT2D eigenvalue weighted by molar-refractivity contribution is 4.90. The molecule has 2 atom stereocenters. The molecule has 1 N–H and O–H groups in total. The third-order valence-electron chi connectivity index (χ3n) is 8.89. The number of hydrogen-bond donors (Lipinski definition) is 1. The van der Waals surface area contributed by atoms with E-state index in [-0.39, 0.29) is 0 Å². The second-order valence-corrected chi connectivity index (χ2v) is 12.6. The van der Waals surface area contributed by atoms with Gasteiger partial charge in [-0.2, -0.15) is 0 Å². The van der Waals surface area contributed by atoms with Crippen LogP contribution in [-0.2, 0) is 0 Å². The molecule has 2 nitrogen and oxygen atoms in total. The molecule has 224 valence electrons. The highest BCUT2D eigenvalue weighted by Gasteiger charge is 2.25. The zero-order valence-electron chi connectivity index (χ0n) is 26.8. The Balaban J connectivity index is 2.36. The molecule has 0 amide bonds. The summed E-state index contributed by atoms with van der Waals surface area (Å²) in [5.74, 6) is 2.24. The number of nitrogens with one attached hydrogen (secondary N) is 1. The van der Waals surface area contributed by atoms with Gasteiger partial charge in [-0.25, -0.2) is 9.55 Å². The van der Waals surface area contributed by atoms with E-state index in [9.17, 15) is 0 Å². The molecule has 0 saturated carbocycles. The number of H-pyrrole nitrogens is 1. The molecule has 0 aliphatic heterocycles. The lowest BCUT2D eigenvalue weighted by Crippen LogP contribution is -2.41. The molecule has 0 aliphatic carbocycles. The molecular formula is C36H71N2+. The van der Waals surface area contributed by atoms with Gasteiger partial charge in [0.2, 0.25) is 0 Å². The molecule has 1 aromatic heterocycles. The van der Waals surface area contributed by atoms with Gasteiger partial charge < -0.3 is 0 Å². The van der Waals surface area contributed by atoms with E-state index in [1.807, 2.05) is 0 Å². The van der Waals surface area contributed by atoms with Gasteiger partial charge in [0.15, 0.2) is 0 Å². The SMILES string of the molecule is CCCCCCCCCCCCCCC(C)[n+]1cc[nH]c1C(CCCCCCC)CCCCCCCCC. The van der Waals surface area contributed by atoms with Crippen molar-refractivity contribution < 1.29 is 4.57 Å². The van der Waals surface area contributed by atoms with Crippen LogP contribution in [0.5, 0.6) is 0 Å². The van der Waals surface area contributed by atoms with E-state index < -0.39 is 0 Å². The van der Waals surface area contributed by atoms with Gasteiger partial charge in [0.1, 0.15) is 12.4 Å². The van der Waals surface area contributed by atoms with Gasteiger partial charge >= 0.3 is 0 Å². The number of aromatic nitrogens is 2. The first-order chi connectivity index (χ1) is 18.7. The summed E-state index contributed by atoms with van der Waals surface area (Å²) in [5.41, 5.74) is 0. The maximum atomic E-state index is 3.72. The van der Waals surface area contributed by atoms with Crippen molar-refractivity contribution in [3.8, 4) is 0 Å². The number of aromatic amines is 1. The van der Waals surface area contributed by atoms with Crippen LogP contribution in [0.2, 0.25) is 0 Å². The van der Waals surface area contributed by atoms with Crippen LogP contribution in [0.15, 0.2) is 12.4 Å². The van der Waals surface area contributed by atoms with Crippen LogP contribution in [0, 0.1) is 0 Å². The van der Waals surface area contributed by atoms with Gasteiger partial charge in [-0.15, -0.1) is 0 Å². The molecule has 0 radical (unpaired) electrons. The number of nitrogens with zero attached hydrogens (tertiary/aromatic N) is 1. The van der Waals surface area contributed by atoms with E-state index in [1.54, 1.807) is 0 Å². The second kappa shape index (κ2) is 26.4. The van der Waals surface area contributed by atoms with Crippen LogP contribution in [-0.4, -0.2) is 4.98 Å². The van der Waals surface area contributed by atoms with E-state index in [0.29, 0.717) is 12.0 Å². The molecule has 38 heavy (non-hydrogen) atoms. The monoisotopic (exact) mass is 532 g/mol. The van der Waals surface area contributed by atoms with E-state index in [1.165, 1.54) is 179 Å². The normalized spacial score (nSPS) is 13.3. The van der Waals surface area contributed by atoms with Crippen LogP contribution in [0.4, 0.5) is 0 Å². The van der Waals surface area contributed by atoms with E-state index in [2.05, 4.69) is 49.6 Å². The lowest BCUT2D eigenvalue weighted by molar-refractivity contribution is -0.727. The molecule has 2 heteroatoms. The summed E-state index contributed by atoms with van der Waals surface area (Å²) in [4.78, 5) is 3.72. The minimum absolute atomic E-state index is 0.621. The molecule has 0 bridgehead atoms. The Labute approximate surface area is 240 Å². The highest BCUT2D eigenvalue weighted by Crippen LogP contribution is 2.27. The van der Waals surface area contributed by atoms with Crippen LogP contribution in [0.1, 0.15) is 219 Å².